The minimum Gasteiger partial charge on any atom is -0.493 e. The summed E-state index contributed by atoms with van der Waals surface area (Å²) < 4.78 is 10.7. The molecule has 0 fully saturated rings. The molecule has 0 aliphatic carbocycles. The second kappa shape index (κ2) is 6.47. The Morgan fingerprint density at radius 2 is 1.91 bits per heavy atom. The molecule has 0 saturated heterocycles. The van der Waals surface area contributed by atoms with E-state index in [1.165, 1.54) is 17.8 Å². The van der Waals surface area contributed by atoms with E-state index in [1.807, 2.05) is 18.2 Å². The zero-order chi connectivity index (χ0) is 16.4. The molecule has 120 valence electrons. The van der Waals surface area contributed by atoms with Gasteiger partial charge in [-0.3, -0.25) is 15.4 Å². The molecule has 0 spiro atoms. The Bertz CT molecular complexity index is 751. The van der Waals surface area contributed by atoms with Gasteiger partial charge in [0.05, 0.1) is 30.1 Å². The number of nitro benzene ring substituents is 1. The fourth-order valence-corrected chi connectivity index (χ4v) is 3.77. The van der Waals surface area contributed by atoms with Crippen molar-refractivity contribution in [3.05, 3.63) is 57.6 Å². The predicted octanol–water partition coefficient (Wildman–Crippen LogP) is 3.51. The van der Waals surface area contributed by atoms with Crippen LogP contribution < -0.4 is 14.8 Å². The average Bonchev–Trinajstić information content (AvgIpc) is 2.59. The molecule has 1 atom stereocenters. The van der Waals surface area contributed by atoms with Crippen LogP contribution in [-0.2, 0) is 6.54 Å². The van der Waals surface area contributed by atoms with E-state index < -0.39 is 0 Å². The molecule has 1 N–H and O–H groups in total. The third kappa shape index (κ3) is 2.97. The Labute approximate surface area is 137 Å². The summed E-state index contributed by atoms with van der Waals surface area (Å²) in [5, 5.41) is 14.4. The molecule has 2 aromatic rings. The number of methoxy groups -OCH3 is 2. The smallest absolute Gasteiger partial charge is 0.275 e. The van der Waals surface area contributed by atoms with Crippen LogP contribution in [0, 0.1) is 10.1 Å². The van der Waals surface area contributed by atoms with Gasteiger partial charge < -0.3 is 9.47 Å². The van der Waals surface area contributed by atoms with E-state index in [1.54, 1.807) is 26.4 Å². The Morgan fingerprint density at radius 3 is 2.61 bits per heavy atom. The molecule has 23 heavy (non-hydrogen) atoms. The number of thioether (sulfide) groups is 1. The summed E-state index contributed by atoms with van der Waals surface area (Å²) in [6, 6.07) is 10.7. The monoisotopic (exact) mass is 332 g/mol. The fourth-order valence-electron chi connectivity index (χ4n) is 2.57. The number of hydrogen-bond acceptors (Lipinski definition) is 6. The van der Waals surface area contributed by atoms with Crippen molar-refractivity contribution in [2.75, 3.05) is 14.2 Å². The van der Waals surface area contributed by atoms with Crippen molar-refractivity contribution in [1.82, 2.24) is 5.32 Å². The number of nitro groups is 1. The third-order valence-electron chi connectivity index (χ3n) is 3.71. The zero-order valence-electron chi connectivity index (χ0n) is 12.7. The van der Waals surface area contributed by atoms with Crippen molar-refractivity contribution in [3.8, 4) is 11.5 Å². The third-order valence-corrected chi connectivity index (χ3v) is 5.00. The SMILES string of the molecule is COc1cc2c(cc1OC)SC(c1ccccc1[N+](=O)[O-])NC2. The lowest BCUT2D eigenvalue weighted by Gasteiger charge is -2.26. The predicted molar refractivity (Wildman–Crippen MR) is 88.1 cm³/mol. The van der Waals surface area contributed by atoms with Gasteiger partial charge in [0.1, 0.15) is 0 Å². The molecule has 1 aliphatic rings. The topological polar surface area (TPSA) is 73.6 Å². The summed E-state index contributed by atoms with van der Waals surface area (Å²) in [5.41, 5.74) is 1.88. The molecule has 0 radical (unpaired) electrons. The number of hydrogen-bond donors (Lipinski definition) is 1. The summed E-state index contributed by atoms with van der Waals surface area (Å²) in [5.74, 6) is 1.33. The quantitative estimate of drug-likeness (QED) is 0.682. The van der Waals surface area contributed by atoms with Gasteiger partial charge in [0.25, 0.3) is 5.69 Å². The normalized spacial score (nSPS) is 16.5. The molecule has 2 aromatic carbocycles. The van der Waals surface area contributed by atoms with Gasteiger partial charge in [0, 0.05) is 17.5 Å². The highest BCUT2D eigenvalue weighted by molar-refractivity contribution is 7.99. The maximum atomic E-state index is 11.2. The Morgan fingerprint density at radius 1 is 1.22 bits per heavy atom. The maximum absolute atomic E-state index is 11.2. The molecule has 0 amide bonds. The molecule has 1 heterocycles. The van der Waals surface area contributed by atoms with E-state index in [2.05, 4.69) is 5.32 Å². The molecule has 0 bridgehead atoms. The zero-order valence-corrected chi connectivity index (χ0v) is 13.6. The van der Waals surface area contributed by atoms with Crippen LogP contribution in [0.5, 0.6) is 11.5 Å². The molecular weight excluding hydrogens is 316 g/mol. The Kier molecular flexibility index (Phi) is 4.40. The van der Waals surface area contributed by atoms with Crippen molar-refractivity contribution in [2.24, 2.45) is 0 Å². The van der Waals surface area contributed by atoms with E-state index in [-0.39, 0.29) is 16.0 Å². The minimum atomic E-state index is -0.346. The highest BCUT2D eigenvalue weighted by Crippen LogP contribution is 2.45. The number of para-hydroxylation sites is 1. The van der Waals surface area contributed by atoms with Gasteiger partial charge in [-0.15, -0.1) is 11.8 Å². The van der Waals surface area contributed by atoms with Crippen LogP contribution in [0.15, 0.2) is 41.3 Å². The summed E-state index contributed by atoms with van der Waals surface area (Å²) >= 11 is 1.54. The Hall–Kier alpha value is -2.25. The van der Waals surface area contributed by atoms with Crippen molar-refractivity contribution in [1.29, 1.82) is 0 Å². The summed E-state index contributed by atoms with van der Waals surface area (Å²) in [6.45, 7) is 0.611. The number of ether oxygens (including phenoxy) is 2. The molecule has 7 heteroatoms. The summed E-state index contributed by atoms with van der Waals surface area (Å²) in [6.07, 6.45) is 0. The highest BCUT2D eigenvalue weighted by atomic mass is 32.2. The van der Waals surface area contributed by atoms with Gasteiger partial charge in [0.2, 0.25) is 0 Å². The second-order valence-electron chi connectivity index (χ2n) is 5.01. The van der Waals surface area contributed by atoms with Crippen LogP contribution in [0.4, 0.5) is 5.69 Å². The first kappa shape index (κ1) is 15.6. The van der Waals surface area contributed by atoms with Crippen LogP contribution in [0.2, 0.25) is 0 Å². The van der Waals surface area contributed by atoms with E-state index >= 15 is 0 Å². The van der Waals surface area contributed by atoms with Crippen LogP contribution in [-0.4, -0.2) is 19.1 Å². The summed E-state index contributed by atoms with van der Waals surface area (Å²) in [7, 11) is 3.19. The van der Waals surface area contributed by atoms with Gasteiger partial charge in [0.15, 0.2) is 11.5 Å². The molecule has 6 nitrogen and oxygen atoms in total. The number of rotatable bonds is 4. The van der Waals surface area contributed by atoms with E-state index in [0.717, 1.165) is 10.5 Å². The van der Waals surface area contributed by atoms with Crippen molar-refractivity contribution in [3.63, 3.8) is 0 Å². The van der Waals surface area contributed by atoms with Crippen molar-refractivity contribution < 1.29 is 14.4 Å². The van der Waals surface area contributed by atoms with Gasteiger partial charge in [-0.25, -0.2) is 0 Å². The molecule has 3 rings (SSSR count). The van der Waals surface area contributed by atoms with Crippen molar-refractivity contribution in [2.45, 2.75) is 16.8 Å². The second-order valence-corrected chi connectivity index (χ2v) is 6.16. The number of benzene rings is 2. The standard InChI is InChI=1S/C16H16N2O4S/c1-21-13-7-10-9-17-16(23-15(10)8-14(13)22-2)11-5-3-4-6-12(11)18(19)20/h3-8,16-17H,9H2,1-2H3. The molecule has 1 unspecified atom stereocenters. The molecular formula is C16H16N2O4S. The Balaban J connectivity index is 1.96. The number of nitrogens with one attached hydrogen (secondary N) is 1. The highest BCUT2D eigenvalue weighted by Gasteiger charge is 2.27. The van der Waals surface area contributed by atoms with Gasteiger partial charge in [-0.05, 0) is 23.8 Å². The fraction of sp³-hybridized carbons (Fsp3) is 0.250. The van der Waals surface area contributed by atoms with Crippen LogP contribution >= 0.6 is 11.8 Å². The van der Waals surface area contributed by atoms with E-state index in [4.69, 9.17) is 9.47 Å². The van der Waals surface area contributed by atoms with E-state index in [9.17, 15) is 10.1 Å². The lowest BCUT2D eigenvalue weighted by Crippen LogP contribution is -2.23. The molecule has 0 aromatic heterocycles. The first-order valence-electron chi connectivity index (χ1n) is 7.02. The van der Waals surface area contributed by atoms with Crippen molar-refractivity contribution >= 4 is 17.4 Å². The molecule has 0 saturated carbocycles. The first-order chi connectivity index (χ1) is 11.1. The largest absolute Gasteiger partial charge is 0.493 e. The lowest BCUT2D eigenvalue weighted by atomic mass is 10.1. The minimum absolute atomic E-state index is 0.126. The van der Waals surface area contributed by atoms with Gasteiger partial charge >= 0.3 is 0 Å². The van der Waals surface area contributed by atoms with Crippen LogP contribution in [0.1, 0.15) is 16.5 Å². The average molecular weight is 332 g/mol. The maximum Gasteiger partial charge on any atom is 0.275 e. The lowest BCUT2D eigenvalue weighted by molar-refractivity contribution is -0.385. The van der Waals surface area contributed by atoms with Gasteiger partial charge in [-0.2, -0.15) is 0 Å². The van der Waals surface area contributed by atoms with Gasteiger partial charge in [-0.1, -0.05) is 12.1 Å². The number of fused-ring (bicyclic) bond motifs is 1. The summed E-state index contributed by atoms with van der Waals surface area (Å²) in [4.78, 5) is 11.9. The van der Waals surface area contributed by atoms with Crippen LogP contribution in [0.3, 0.4) is 0 Å². The molecule has 1 aliphatic heterocycles. The van der Waals surface area contributed by atoms with E-state index in [0.29, 0.717) is 23.6 Å². The van der Waals surface area contributed by atoms with Crippen LogP contribution in [0.25, 0.3) is 0 Å². The number of nitrogens with zero attached hydrogens (tertiary/aromatic N) is 1. The first-order valence-corrected chi connectivity index (χ1v) is 7.90.